The number of imidazole rings is 1. The number of aryl methyl sites for hydroxylation is 1. The van der Waals surface area contributed by atoms with Crippen LogP contribution in [0.4, 0.5) is 0 Å². The monoisotopic (exact) mass is 590 g/mol. The first-order valence-electron chi connectivity index (χ1n) is 10.7. The molecule has 33 heavy (non-hydrogen) atoms. The molecule has 2 heterocycles. The van der Waals surface area contributed by atoms with Gasteiger partial charge in [0.15, 0.2) is 16.3 Å². The molecule has 0 aliphatic heterocycles. The van der Waals surface area contributed by atoms with Gasteiger partial charge in [-0.1, -0.05) is 93.4 Å². The fourth-order valence-electron chi connectivity index (χ4n) is 3.65. The summed E-state index contributed by atoms with van der Waals surface area (Å²) >= 11 is 8.77. The maximum absolute atomic E-state index is 13.7. The highest BCUT2D eigenvalue weighted by atomic mass is 79.9. The van der Waals surface area contributed by atoms with Gasteiger partial charge in [0.2, 0.25) is 0 Å². The predicted octanol–water partition coefficient (Wildman–Crippen LogP) is 5.41. The summed E-state index contributed by atoms with van der Waals surface area (Å²) in [7, 11) is 1.68. The Labute approximate surface area is 212 Å². The summed E-state index contributed by atoms with van der Waals surface area (Å²) in [5.74, 6) is 0.898. The second kappa shape index (κ2) is 10.4. The topological polar surface area (TPSA) is 61.8 Å². The van der Waals surface area contributed by atoms with Crippen LogP contribution in [0, 0.1) is 0 Å². The van der Waals surface area contributed by atoms with E-state index in [1.165, 1.54) is 9.13 Å². The van der Waals surface area contributed by atoms with E-state index in [-0.39, 0.29) is 17.8 Å². The SMILES string of the molecule is CCCCSc1nc2c(c(=O)n(Cc3ccccc3Br)c(=O)n2C)n1Cc1ccccc1Br. The molecule has 0 atom stereocenters. The Balaban J connectivity index is 1.92. The van der Waals surface area contributed by atoms with Crippen molar-refractivity contribution in [1.82, 2.24) is 18.7 Å². The van der Waals surface area contributed by atoms with Gasteiger partial charge in [0.05, 0.1) is 13.1 Å². The first kappa shape index (κ1) is 24.0. The zero-order valence-corrected chi connectivity index (χ0v) is 22.4. The fraction of sp³-hybridized carbons (Fsp3) is 0.292. The van der Waals surface area contributed by atoms with E-state index in [9.17, 15) is 9.59 Å². The van der Waals surface area contributed by atoms with Crippen LogP contribution in [0.1, 0.15) is 30.9 Å². The van der Waals surface area contributed by atoms with Crippen LogP contribution in [0.25, 0.3) is 11.2 Å². The molecule has 172 valence electrons. The van der Waals surface area contributed by atoms with Gasteiger partial charge in [-0.2, -0.15) is 0 Å². The molecular formula is C24H24Br2N4O2S. The Morgan fingerprint density at radius 2 is 1.48 bits per heavy atom. The van der Waals surface area contributed by atoms with Crippen molar-refractivity contribution >= 4 is 54.8 Å². The molecule has 6 nitrogen and oxygen atoms in total. The van der Waals surface area contributed by atoms with Gasteiger partial charge >= 0.3 is 5.69 Å². The Bertz CT molecular complexity index is 1420. The summed E-state index contributed by atoms with van der Waals surface area (Å²) < 4.78 is 6.55. The molecule has 4 aromatic rings. The Morgan fingerprint density at radius 1 is 0.909 bits per heavy atom. The Kier molecular flexibility index (Phi) is 7.61. The van der Waals surface area contributed by atoms with E-state index in [1.807, 2.05) is 53.1 Å². The summed E-state index contributed by atoms with van der Waals surface area (Å²) in [5, 5.41) is 0.750. The quantitative estimate of drug-likeness (QED) is 0.203. The molecule has 0 saturated carbocycles. The van der Waals surface area contributed by atoms with Crippen molar-refractivity contribution in [2.45, 2.75) is 38.0 Å². The van der Waals surface area contributed by atoms with Gasteiger partial charge in [0.1, 0.15) is 0 Å². The molecule has 0 radical (unpaired) electrons. The van der Waals surface area contributed by atoms with Crippen molar-refractivity contribution in [3.05, 3.63) is 89.4 Å². The molecule has 0 saturated heterocycles. The van der Waals surface area contributed by atoms with E-state index in [0.717, 1.165) is 43.8 Å². The summed E-state index contributed by atoms with van der Waals surface area (Å²) in [6.45, 7) is 2.81. The molecule has 0 aliphatic rings. The zero-order chi connectivity index (χ0) is 23.5. The molecule has 0 spiro atoms. The lowest BCUT2D eigenvalue weighted by atomic mass is 10.2. The summed E-state index contributed by atoms with van der Waals surface area (Å²) in [4.78, 5) is 31.6. The van der Waals surface area contributed by atoms with Crippen LogP contribution in [0.3, 0.4) is 0 Å². The largest absolute Gasteiger partial charge is 0.332 e. The van der Waals surface area contributed by atoms with E-state index < -0.39 is 0 Å². The van der Waals surface area contributed by atoms with Crippen LogP contribution in [-0.2, 0) is 20.1 Å². The second-order valence-corrected chi connectivity index (χ2v) is 10.5. The lowest BCUT2D eigenvalue weighted by Crippen LogP contribution is -2.40. The smallest absolute Gasteiger partial charge is 0.309 e. The van der Waals surface area contributed by atoms with Gasteiger partial charge in [0.25, 0.3) is 5.56 Å². The van der Waals surface area contributed by atoms with Crippen molar-refractivity contribution in [1.29, 1.82) is 0 Å². The summed E-state index contributed by atoms with van der Waals surface area (Å²) in [6, 6.07) is 15.6. The van der Waals surface area contributed by atoms with Crippen LogP contribution >= 0.6 is 43.6 Å². The van der Waals surface area contributed by atoms with E-state index in [1.54, 1.807) is 18.8 Å². The van der Waals surface area contributed by atoms with Crippen LogP contribution in [0.15, 0.2) is 72.2 Å². The van der Waals surface area contributed by atoms with Crippen molar-refractivity contribution < 1.29 is 0 Å². The molecule has 2 aromatic heterocycles. The van der Waals surface area contributed by atoms with Gasteiger partial charge in [-0.05, 0) is 29.7 Å². The average Bonchev–Trinajstić information content (AvgIpc) is 3.16. The second-order valence-electron chi connectivity index (χ2n) is 7.77. The molecule has 0 fully saturated rings. The third-order valence-corrected chi connectivity index (χ3v) is 8.11. The minimum Gasteiger partial charge on any atom is -0.309 e. The molecule has 4 rings (SSSR count). The standard InChI is InChI=1S/C24H24Br2N4O2S/c1-3-4-13-33-23-27-21-20(29(23)14-16-9-5-7-11-18(16)25)22(31)30(24(32)28(21)2)15-17-10-6-8-12-19(17)26/h5-12H,3-4,13-15H2,1-2H3. The Hall–Kier alpha value is -2.10. The maximum Gasteiger partial charge on any atom is 0.332 e. The van der Waals surface area contributed by atoms with Gasteiger partial charge in [-0.15, -0.1) is 0 Å². The van der Waals surface area contributed by atoms with Crippen molar-refractivity contribution in [2.75, 3.05) is 5.75 Å². The third-order valence-electron chi connectivity index (χ3n) is 5.50. The Morgan fingerprint density at radius 3 is 2.06 bits per heavy atom. The van der Waals surface area contributed by atoms with Gasteiger partial charge in [-0.25, -0.2) is 9.78 Å². The number of thioether (sulfide) groups is 1. The van der Waals surface area contributed by atoms with Gasteiger partial charge in [-0.3, -0.25) is 13.9 Å². The normalized spacial score (nSPS) is 11.4. The first-order valence-corrected chi connectivity index (χ1v) is 13.3. The van der Waals surface area contributed by atoms with Crippen molar-refractivity contribution in [3.63, 3.8) is 0 Å². The van der Waals surface area contributed by atoms with Crippen LogP contribution in [0.5, 0.6) is 0 Å². The summed E-state index contributed by atoms with van der Waals surface area (Å²) in [5.41, 5.74) is 2.06. The maximum atomic E-state index is 13.7. The van der Waals surface area contributed by atoms with Crippen LogP contribution in [0.2, 0.25) is 0 Å². The molecule has 0 unspecified atom stereocenters. The van der Waals surface area contributed by atoms with Gasteiger partial charge in [0, 0.05) is 21.7 Å². The van der Waals surface area contributed by atoms with E-state index in [0.29, 0.717) is 17.7 Å². The molecular weight excluding hydrogens is 568 g/mol. The number of fused-ring (bicyclic) bond motifs is 1. The van der Waals surface area contributed by atoms with Crippen molar-refractivity contribution in [2.24, 2.45) is 7.05 Å². The number of hydrogen-bond acceptors (Lipinski definition) is 4. The fourth-order valence-corrected chi connectivity index (χ4v) is 5.55. The number of rotatable bonds is 8. The van der Waals surface area contributed by atoms with Crippen molar-refractivity contribution in [3.8, 4) is 0 Å². The number of nitrogens with zero attached hydrogens (tertiary/aromatic N) is 4. The minimum absolute atomic E-state index is 0.182. The number of halogens is 2. The van der Waals surface area contributed by atoms with E-state index >= 15 is 0 Å². The van der Waals surface area contributed by atoms with E-state index in [4.69, 9.17) is 4.98 Å². The van der Waals surface area contributed by atoms with Crippen LogP contribution in [-0.4, -0.2) is 24.4 Å². The molecule has 9 heteroatoms. The molecule has 0 bridgehead atoms. The highest BCUT2D eigenvalue weighted by Crippen LogP contribution is 2.26. The average molecular weight is 592 g/mol. The zero-order valence-electron chi connectivity index (χ0n) is 18.4. The number of aromatic nitrogens is 4. The number of unbranched alkanes of at least 4 members (excludes halogenated alkanes) is 1. The number of hydrogen-bond donors (Lipinski definition) is 0. The lowest BCUT2D eigenvalue weighted by molar-refractivity contribution is 0.650. The molecule has 2 aromatic carbocycles. The first-order chi connectivity index (χ1) is 15.9. The summed E-state index contributed by atoms with van der Waals surface area (Å²) in [6.07, 6.45) is 2.13. The highest BCUT2D eigenvalue weighted by molar-refractivity contribution is 9.10. The lowest BCUT2D eigenvalue weighted by Gasteiger charge is -2.12. The number of benzene rings is 2. The third kappa shape index (κ3) is 4.90. The van der Waals surface area contributed by atoms with Gasteiger partial charge < -0.3 is 4.57 Å². The van der Waals surface area contributed by atoms with E-state index in [2.05, 4.69) is 38.8 Å². The molecule has 0 N–H and O–H groups in total. The predicted molar refractivity (Wildman–Crippen MR) is 141 cm³/mol. The highest BCUT2D eigenvalue weighted by Gasteiger charge is 2.21. The molecule has 0 aliphatic carbocycles. The van der Waals surface area contributed by atoms with Crippen LogP contribution < -0.4 is 11.2 Å². The molecule has 0 amide bonds. The minimum atomic E-state index is -0.376.